The Morgan fingerprint density at radius 3 is 2.68 bits per heavy atom. The van der Waals surface area contributed by atoms with Crippen LogP contribution in [0.2, 0.25) is 0 Å². The third-order valence-corrected chi connectivity index (χ3v) is 5.75. The first-order valence-corrected chi connectivity index (χ1v) is 10.7. The fourth-order valence-electron chi connectivity index (χ4n) is 4.20. The number of para-hydroxylation sites is 1. The molecule has 1 aliphatic heterocycles. The predicted octanol–water partition coefficient (Wildman–Crippen LogP) is 3.73. The van der Waals surface area contributed by atoms with Crippen molar-refractivity contribution in [1.82, 2.24) is 9.78 Å². The Balaban J connectivity index is 1.38. The number of aromatic nitrogens is 2. The Morgan fingerprint density at radius 1 is 1.00 bits per heavy atom. The normalized spacial score (nSPS) is 17.4. The molecular formula is C24H24N4O3. The molecule has 1 aliphatic carbocycles. The first kappa shape index (κ1) is 19.5. The monoisotopic (exact) mass is 416 g/mol. The molecule has 1 unspecified atom stereocenters. The first-order chi connectivity index (χ1) is 15.2. The van der Waals surface area contributed by atoms with Gasteiger partial charge in [0.15, 0.2) is 0 Å². The Morgan fingerprint density at radius 2 is 1.87 bits per heavy atom. The van der Waals surface area contributed by atoms with Crippen LogP contribution in [0.3, 0.4) is 0 Å². The van der Waals surface area contributed by atoms with E-state index in [0.29, 0.717) is 17.9 Å². The second-order valence-electron chi connectivity index (χ2n) is 7.90. The number of rotatable bonds is 5. The summed E-state index contributed by atoms with van der Waals surface area (Å²) in [6.45, 7) is 0.611. The zero-order valence-corrected chi connectivity index (χ0v) is 17.1. The third-order valence-electron chi connectivity index (χ3n) is 5.75. The van der Waals surface area contributed by atoms with Gasteiger partial charge in [0.05, 0.1) is 11.4 Å². The SMILES string of the molecule is O=C(Nc1c2c(nn1-c1ccccc1)CCC2)c1cccc(NC(=O)C2CCCO2)c1. The van der Waals surface area contributed by atoms with Crippen molar-refractivity contribution in [3.8, 4) is 5.69 Å². The number of fused-ring (bicyclic) bond motifs is 1. The molecule has 2 aromatic carbocycles. The molecule has 1 atom stereocenters. The molecule has 1 saturated heterocycles. The number of carbonyl (C=O) groups excluding carboxylic acids is 2. The van der Waals surface area contributed by atoms with Crippen molar-refractivity contribution in [3.63, 3.8) is 0 Å². The number of ether oxygens (including phenoxy) is 1. The number of hydrogen-bond donors (Lipinski definition) is 2. The van der Waals surface area contributed by atoms with Crippen molar-refractivity contribution >= 4 is 23.3 Å². The molecule has 158 valence electrons. The summed E-state index contributed by atoms with van der Waals surface area (Å²) >= 11 is 0. The maximum atomic E-state index is 13.1. The van der Waals surface area contributed by atoms with Crippen LogP contribution in [0.1, 0.15) is 40.9 Å². The van der Waals surface area contributed by atoms with Gasteiger partial charge in [0.1, 0.15) is 11.9 Å². The number of hydrogen-bond acceptors (Lipinski definition) is 4. The lowest BCUT2D eigenvalue weighted by Crippen LogP contribution is -2.27. The summed E-state index contributed by atoms with van der Waals surface area (Å²) in [5, 5.41) is 10.7. The molecule has 2 N–H and O–H groups in total. The van der Waals surface area contributed by atoms with Gasteiger partial charge in [0.2, 0.25) is 0 Å². The lowest BCUT2D eigenvalue weighted by atomic mass is 10.1. The van der Waals surface area contributed by atoms with Gasteiger partial charge >= 0.3 is 0 Å². The maximum absolute atomic E-state index is 13.1. The third kappa shape index (κ3) is 3.96. The minimum Gasteiger partial charge on any atom is -0.368 e. The topological polar surface area (TPSA) is 85.3 Å². The molecule has 1 aromatic heterocycles. The number of carbonyl (C=O) groups is 2. The molecule has 7 heteroatoms. The highest BCUT2D eigenvalue weighted by molar-refractivity contribution is 6.05. The van der Waals surface area contributed by atoms with Crippen LogP contribution in [0.15, 0.2) is 54.6 Å². The predicted molar refractivity (Wildman–Crippen MR) is 118 cm³/mol. The molecule has 2 heterocycles. The highest BCUT2D eigenvalue weighted by Gasteiger charge is 2.25. The van der Waals surface area contributed by atoms with Gasteiger partial charge in [0.25, 0.3) is 11.8 Å². The number of aryl methyl sites for hydroxylation is 1. The second kappa shape index (κ2) is 8.35. The molecule has 1 fully saturated rings. The minimum atomic E-state index is -0.416. The van der Waals surface area contributed by atoms with Gasteiger partial charge < -0.3 is 15.4 Å². The summed E-state index contributed by atoms with van der Waals surface area (Å²) in [5.74, 6) is 0.313. The van der Waals surface area contributed by atoms with Gasteiger partial charge in [-0.1, -0.05) is 24.3 Å². The van der Waals surface area contributed by atoms with E-state index in [1.54, 1.807) is 24.3 Å². The van der Waals surface area contributed by atoms with Crippen LogP contribution in [0.5, 0.6) is 0 Å². The van der Waals surface area contributed by atoms with Crippen molar-refractivity contribution in [3.05, 3.63) is 71.4 Å². The van der Waals surface area contributed by atoms with Crippen LogP contribution >= 0.6 is 0 Å². The molecule has 5 rings (SSSR count). The van der Waals surface area contributed by atoms with E-state index in [4.69, 9.17) is 9.84 Å². The number of amides is 2. The quantitative estimate of drug-likeness (QED) is 0.664. The fraction of sp³-hybridized carbons (Fsp3) is 0.292. The van der Waals surface area contributed by atoms with Crippen molar-refractivity contribution in [2.45, 2.75) is 38.2 Å². The van der Waals surface area contributed by atoms with Crippen LogP contribution in [0, 0.1) is 0 Å². The summed E-state index contributed by atoms with van der Waals surface area (Å²) in [5.41, 5.74) is 4.09. The molecule has 0 saturated carbocycles. The Bertz CT molecular complexity index is 1120. The average Bonchev–Trinajstić information content (AvgIpc) is 3.54. The molecule has 3 aromatic rings. The Kier molecular flexibility index (Phi) is 5.26. The highest BCUT2D eigenvalue weighted by atomic mass is 16.5. The number of benzene rings is 2. The zero-order chi connectivity index (χ0) is 21.2. The van der Waals surface area contributed by atoms with Gasteiger partial charge in [-0.05, 0) is 62.4 Å². The van der Waals surface area contributed by atoms with Gasteiger partial charge in [-0.15, -0.1) is 0 Å². The number of anilines is 2. The highest BCUT2D eigenvalue weighted by Crippen LogP contribution is 2.31. The smallest absolute Gasteiger partial charge is 0.256 e. The lowest BCUT2D eigenvalue weighted by Gasteiger charge is -2.13. The van der Waals surface area contributed by atoms with Gasteiger partial charge in [-0.3, -0.25) is 9.59 Å². The Hall–Kier alpha value is -3.45. The largest absolute Gasteiger partial charge is 0.368 e. The van der Waals surface area contributed by atoms with Crippen molar-refractivity contribution in [2.75, 3.05) is 17.2 Å². The molecular weight excluding hydrogens is 392 g/mol. The van der Waals surface area contributed by atoms with Crippen molar-refractivity contribution < 1.29 is 14.3 Å². The van der Waals surface area contributed by atoms with Crippen LogP contribution in [-0.2, 0) is 22.4 Å². The fourth-order valence-corrected chi connectivity index (χ4v) is 4.20. The zero-order valence-electron chi connectivity index (χ0n) is 17.1. The van der Waals surface area contributed by atoms with Crippen LogP contribution < -0.4 is 10.6 Å². The molecule has 2 aliphatic rings. The van der Waals surface area contributed by atoms with E-state index in [0.717, 1.165) is 54.9 Å². The summed E-state index contributed by atoms with van der Waals surface area (Å²) in [4.78, 5) is 25.4. The van der Waals surface area contributed by atoms with E-state index >= 15 is 0 Å². The van der Waals surface area contributed by atoms with E-state index in [2.05, 4.69) is 10.6 Å². The van der Waals surface area contributed by atoms with E-state index < -0.39 is 6.10 Å². The molecule has 2 amide bonds. The van der Waals surface area contributed by atoms with Gasteiger partial charge in [-0.25, -0.2) is 4.68 Å². The summed E-state index contributed by atoms with van der Waals surface area (Å²) in [7, 11) is 0. The van der Waals surface area contributed by atoms with E-state index in [9.17, 15) is 9.59 Å². The molecule has 0 radical (unpaired) electrons. The van der Waals surface area contributed by atoms with Gasteiger partial charge in [-0.2, -0.15) is 5.10 Å². The van der Waals surface area contributed by atoms with E-state index in [1.165, 1.54) is 0 Å². The Labute approximate surface area is 180 Å². The van der Waals surface area contributed by atoms with E-state index in [1.807, 2.05) is 35.0 Å². The second-order valence-corrected chi connectivity index (χ2v) is 7.90. The average molecular weight is 416 g/mol. The molecule has 0 bridgehead atoms. The molecule has 31 heavy (non-hydrogen) atoms. The minimum absolute atomic E-state index is 0.171. The molecule has 0 spiro atoms. The standard InChI is InChI=1S/C24H24N4O3/c29-23(16-7-4-8-17(15-16)25-24(30)21-13-6-14-31-21)26-22-19-11-5-12-20(19)27-28(22)18-9-2-1-3-10-18/h1-4,7-10,15,21H,5-6,11-14H2,(H,25,30)(H,26,29). The first-order valence-electron chi connectivity index (χ1n) is 10.7. The van der Waals surface area contributed by atoms with E-state index in [-0.39, 0.29) is 11.8 Å². The van der Waals surface area contributed by atoms with Crippen LogP contribution in [-0.4, -0.2) is 34.3 Å². The summed E-state index contributed by atoms with van der Waals surface area (Å²) < 4.78 is 7.24. The maximum Gasteiger partial charge on any atom is 0.256 e. The van der Waals surface area contributed by atoms with Crippen LogP contribution in [0.25, 0.3) is 5.69 Å². The van der Waals surface area contributed by atoms with Crippen molar-refractivity contribution in [2.24, 2.45) is 0 Å². The number of nitrogens with zero attached hydrogens (tertiary/aromatic N) is 2. The lowest BCUT2D eigenvalue weighted by molar-refractivity contribution is -0.124. The molecule has 7 nitrogen and oxygen atoms in total. The summed E-state index contributed by atoms with van der Waals surface area (Å²) in [6, 6.07) is 16.8. The van der Waals surface area contributed by atoms with Gasteiger partial charge in [0, 0.05) is 23.4 Å². The van der Waals surface area contributed by atoms with Crippen molar-refractivity contribution in [1.29, 1.82) is 0 Å². The number of nitrogens with one attached hydrogen (secondary N) is 2. The summed E-state index contributed by atoms with van der Waals surface area (Å²) in [6.07, 6.45) is 4.06. The van der Waals surface area contributed by atoms with Crippen LogP contribution in [0.4, 0.5) is 11.5 Å².